The first kappa shape index (κ1) is 17.4. The van der Waals surface area contributed by atoms with Crippen LogP contribution in [0.1, 0.15) is 81.6 Å². The first-order valence-electron chi connectivity index (χ1n) is 7.97. The van der Waals surface area contributed by atoms with Crippen molar-refractivity contribution in [3.05, 3.63) is 0 Å². The lowest BCUT2D eigenvalue weighted by atomic mass is 9.63. The molecular weight excluding hydrogens is 248 g/mol. The van der Waals surface area contributed by atoms with E-state index in [1.807, 2.05) is 0 Å². The highest BCUT2D eigenvalue weighted by molar-refractivity contribution is 8.01. The Morgan fingerprint density at radius 3 is 1.26 bits per heavy atom. The van der Waals surface area contributed by atoms with E-state index >= 15 is 0 Å². The van der Waals surface area contributed by atoms with Crippen LogP contribution in [-0.4, -0.2) is 10.00 Å². The Labute approximate surface area is 126 Å². The Hall–Kier alpha value is 0.350. The smallest absolute Gasteiger partial charge is 0.00778 e. The minimum absolute atomic E-state index is 0.396. The standard InChI is InChI=1S/C18H36S/c1-16(2,3)13-10-14(17(4,5)6)12-15(11-13)19-18(7,8)9/h13-15H,10-12H2,1-9H3. The first-order chi connectivity index (χ1) is 8.29. The molecular formula is C18H36S. The van der Waals surface area contributed by atoms with Crippen molar-refractivity contribution in [1.29, 1.82) is 0 Å². The SMILES string of the molecule is CC(C)(C)SC1CC(C(C)(C)C)CC(C(C)(C)C)C1. The Morgan fingerprint density at radius 1 is 0.632 bits per heavy atom. The molecule has 0 aromatic heterocycles. The Bertz CT molecular complexity index is 262. The second kappa shape index (κ2) is 5.62. The molecule has 1 rings (SSSR count). The van der Waals surface area contributed by atoms with Gasteiger partial charge in [0.15, 0.2) is 0 Å². The van der Waals surface area contributed by atoms with Crippen molar-refractivity contribution in [1.82, 2.24) is 0 Å². The van der Waals surface area contributed by atoms with Crippen LogP contribution in [0.2, 0.25) is 0 Å². The zero-order valence-electron chi connectivity index (χ0n) is 14.8. The van der Waals surface area contributed by atoms with Gasteiger partial charge in [-0.05, 0) is 41.9 Å². The van der Waals surface area contributed by atoms with Gasteiger partial charge in [-0.1, -0.05) is 62.3 Å². The molecule has 0 bridgehead atoms. The van der Waals surface area contributed by atoms with Crippen molar-refractivity contribution in [3.63, 3.8) is 0 Å². The molecule has 1 fully saturated rings. The van der Waals surface area contributed by atoms with Gasteiger partial charge >= 0.3 is 0 Å². The van der Waals surface area contributed by atoms with Gasteiger partial charge in [-0.25, -0.2) is 0 Å². The van der Waals surface area contributed by atoms with Crippen molar-refractivity contribution >= 4 is 11.8 Å². The van der Waals surface area contributed by atoms with Crippen LogP contribution in [0.3, 0.4) is 0 Å². The summed E-state index contributed by atoms with van der Waals surface area (Å²) in [5, 5.41) is 0.849. The van der Waals surface area contributed by atoms with Crippen LogP contribution >= 0.6 is 11.8 Å². The average Bonchev–Trinajstić information content (AvgIpc) is 2.11. The maximum atomic E-state index is 2.43. The fraction of sp³-hybridized carbons (Fsp3) is 1.00. The third-order valence-corrected chi connectivity index (χ3v) is 6.06. The molecule has 19 heavy (non-hydrogen) atoms. The molecule has 1 aliphatic carbocycles. The molecule has 0 radical (unpaired) electrons. The predicted molar refractivity (Wildman–Crippen MR) is 90.9 cm³/mol. The van der Waals surface area contributed by atoms with Gasteiger partial charge in [-0.15, -0.1) is 0 Å². The summed E-state index contributed by atoms with van der Waals surface area (Å²) in [6.07, 6.45) is 4.25. The second-order valence-corrected chi connectivity index (χ2v) is 11.8. The molecule has 0 saturated heterocycles. The summed E-state index contributed by atoms with van der Waals surface area (Å²) in [4.78, 5) is 0. The van der Waals surface area contributed by atoms with E-state index < -0.39 is 0 Å². The molecule has 1 heteroatoms. The molecule has 0 heterocycles. The van der Waals surface area contributed by atoms with Crippen LogP contribution in [0.4, 0.5) is 0 Å². The molecule has 1 aliphatic rings. The van der Waals surface area contributed by atoms with Crippen molar-refractivity contribution in [3.8, 4) is 0 Å². The molecule has 2 atom stereocenters. The summed E-state index contributed by atoms with van der Waals surface area (Å²) in [5.41, 5.74) is 0.918. The Morgan fingerprint density at radius 2 is 1.00 bits per heavy atom. The maximum absolute atomic E-state index is 2.43. The fourth-order valence-corrected chi connectivity index (χ4v) is 4.93. The summed E-state index contributed by atoms with van der Waals surface area (Å²) < 4.78 is 0.396. The molecule has 0 spiro atoms. The average molecular weight is 285 g/mol. The lowest BCUT2D eigenvalue weighted by molar-refractivity contribution is 0.0864. The van der Waals surface area contributed by atoms with E-state index in [-0.39, 0.29) is 0 Å². The van der Waals surface area contributed by atoms with E-state index in [4.69, 9.17) is 0 Å². The largest absolute Gasteiger partial charge is 0.153 e. The van der Waals surface area contributed by atoms with Crippen LogP contribution in [0.15, 0.2) is 0 Å². The van der Waals surface area contributed by atoms with Gasteiger partial charge in [0.25, 0.3) is 0 Å². The van der Waals surface area contributed by atoms with Gasteiger partial charge in [-0.2, -0.15) is 11.8 Å². The normalized spacial score (nSPS) is 30.5. The number of hydrogen-bond donors (Lipinski definition) is 0. The van der Waals surface area contributed by atoms with Crippen LogP contribution in [0.5, 0.6) is 0 Å². The van der Waals surface area contributed by atoms with Gasteiger partial charge in [0.05, 0.1) is 0 Å². The summed E-state index contributed by atoms with van der Waals surface area (Å²) in [6.45, 7) is 21.7. The van der Waals surface area contributed by atoms with Crippen LogP contribution in [0.25, 0.3) is 0 Å². The highest BCUT2D eigenvalue weighted by Crippen LogP contribution is 2.50. The topological polar surface area (TPSA) is 0 Å². The first-order valence-corrected chi connectivity index (χ1v) is 8.85. The Kier molecular flexibility index (Phi) is 5.15. The van der Waals surface area contributed by atoms with Crippen LogP contribution in [0, 0.1) is 22.7 Å². The summed E-state index contributed by atoms with van der Waals surface area (Å²) in [7, 11) is 0. The summed E-state index contributed by atoms with van der Waals surface area (Å²) >= 11 is 2.22. The van der Waals surface area contributed by atoms with Crippen molar-refractivity contribution in [2.75, 3.05) is 0 Å². The second-order valence-electron chi connectivity index (χ2n) is 9.69. The monoisotopic (exact) mass is 284 g/mol. The van der Waals surface area contributed by atoms with E-state index in [2.05, 4.69) is 74.1 Å². The highest BCUT2D eigenvalue weighted by Gasteiger charge is 2.40. The van der Waals surface area contributed by atoms with Gasteiger partial charge in [-0.3, -0.25) is 0 Å². The van der Waals surface area contributed by atoms with Crippen molar-refractivity contribution in [2.24, 2.45) is 22.7 Å². The van der Waals surface area contributed by atoms with Crippen molar-refractivity contribution in [2.45, 2.75) is 91.6 Å². The van der Waals surface area contributed by atoms with Gasteiger partial charge < -0.3 is 0 Å². The molecule has 0 aromatic rings. The van der Waals surface area contributed by atoms with Crippen LogP contribution in [-0.2, 0) is 0 Å². The molecule has 2 unspecified atom stereocenters. The van der Waals surface area contributed by atoms with Crippen molar-refractivity contribution < 1.29 is 0 Å². The highest BCUT2D eigenvalue weighted by atomic mass is 32.2. The van der Waals surface area contributed by atoms with E-state index in [9.17, 15) is 0 Å². The molecule has 114 valence electrons. The lowest BCUT2D eigenvalue weighted by Crippen LogP contribution is -2.38. The van der Waals surface area contributed by atoms with E-state index in [1.54, 1.807) is 0 Å². The quantitative estimate of drug-likeness (QED) is 0.537. The molecule has 0 N–H and O–H groups in total. The minimum atomic E-state index is 0.396. The third-order valence-electron chi connectivity index (χ3n) is 4.63. The third kappa shape index (κ3) is 5.69. The summed E-state index contributed by atoms with van der Waals surface area (Å²) in [6, 6.07) is 0. The van der Waals surface area contributed by atoms with Gasteiger partial charge in [0.2, 0.25) is 0 Å². The van der Waals surface area contributed by atoms with E-state index in [1.165, 1.54) is 19.3 Å². The maximum Gasteiger partial charge on any atom is 0.00778 e. The summed E-state index contributed by atoms with van der Waals surface area (Å²) in [5.74, 6) is 1.76. The van der Waals surface area contributed by atoms with Crippen LogP contribution < -0.4 is 0 Å². The lowest BCUT2D eigenvalue weighted by Gasteiger charge is -2.46. The van der Waals surface area contributed by atoms with Gasteiger partial charge in [0.1, 0.15) is 0 Å². The molecule has 0 aromatic carbocycles. The van der Waals surface area contributed by atoms with E-state index in [0.29, 0.717) is 15.6 Å². The zero-order chi connectivity index (χ0) is 15.1. The van der Waals surface area contributed by atoms with Gasteiger partial charge in [0, 0.05) is 10.00 Å². The molecule has 0 amide bonds. The zero-order valence-corrected chi connectivity index (χ0v) is 15.6. The predicted octanol–water partition coefficient (Wildman–Crippen LogP) is 6.40. The fourth-order valence-electron chi connectivity index (χ4n) is 3.28. The minimum Gasteiger partial charge on any atom is -0.153 e. The number of rotatable bonds is 1. The van der Waals surface area contributed by atoms with E-state index in [0.717, 1.165) is 17.1 Å². The molecule has 1 saturated carbocycles. The molecule has 0 aliphatic heterocycles. The number of hydrogen-bond acceptors (Lipinski definition) is 1. The number of thioether (sulfide) groups is 1. The molecule has 0 nitrogen and oxygen atoms in total. The Balaban J connectivity index is 2.84.